The van der Waals surface area contributed by atoms with E-state index in [9.17, 15) is 47.2 Å². The van der Waals surface area contributed by atoms with Crippen LogP contribution in [0.1, 0.15) is 61.1 Å². The molecule has 2 aliphatic rings. The molecule has 0 bridgehead atoms. The van der Waals surface area contributed by atoms with Crippen LogP contribution in [0.2, 0.25) is 0 Å². The molecule has 0 saturated heterocycles. The first kappa shape index (κ1) is 46.5. The van der Waals surface area contributed by atoms with Crippen molar-refractivity contribution in [1.82, 2.24) is 4.72 Å². The van der Waals surface area contributed by atoms with E-state index in [-0.39, 0.29) is 77.9 Å². The molecule has 0 fully saturated rings. The average Bonchev–Trinajstić information content (AvgIpc) is 3.19. The Morgan fingerprint density at radius 1 is 0.750 bits per heavy atom. The number of anilines is 2. The van der Waals surface area contributed by atoms with Crippen LogP contribution in [-0.2, 0) is 24.7 Å². The number of nitrogens with one attached hydrogen (secondary N) is 4. The van der Waals surface area contributed by atoms with Crippen molar-refractivity contribution in [2.75, 3.05) is 16.4 Å². The Balaban J connectivity index is 1.52. The summed E-state index contributed by atoms with van der Waals surface area (Å²) in [6, 6.07) is 14.5. The van der Waals surface area contributed by atoms with Gasteiger partial charge in [0.05, 0.1) is 15.4 Å². The number of carbonyl (C=O) groups excluding carboxylic acids is 1. The van der Waals surface area contributed by atoms with Gasteiger partial charge in [-0.1, -0.05) is 46.4 Å². The summed E-state index contributed by atoms with van der Waals surface area (Å²) >= 11 is 0. The van der Waals surface area contributed by atoms with E-state index < -0.39 is 54.8 Å². The molecule has 16 nitrogen and oxygen atoms in total. The number of ketones is 1. The maximum atomic E-state index is 14.0. The summed E-state index contributed by atoms with van der Waals surface area (Å²) in [7, 11) is -7.87. The number of carbonyl (C=O) groups is 1. The van der Waals surface area contributed by atoms with Gasteiger partial charge in [-0.05, 0) is 96.5 Å². The summed E-state index contributed by atoms with van der Waals surface area (Å²) in [6.07, 6.45) is 1.02. The lowest BCUT2D eigenvalue weighted by atomic mass is 9.75. The number of aromatic hydroxyl groups is 2. The molecule has 0 aliphatic heterocycles. The summed E-state index contributed by atoms with van der Waals surface area (Å²) in [4.78, 5) is 13.8. The highest BCUT2D eigenvalue weighted by Crippen LogP contribution is 2.54. The SMILES string of the molecule is C=C(N)NS(=O)(=O)c1ccc(N/C=C2/c3c(cc(C)c(-c4c(C)cc5c(c4O)/C(=C/Nc4ccc(S(=O)(=O)CC(=N)N)cc4)C(=O)C(O)=C5C(C)C)c3O)C(C(C)C)=C(O)C2O)cc1. The Labute approximate surface area is 371 Å². The van der Waals surface area contributed by atoms with Crippen LogP contribution in [0, 0.1) is 31.1 Å². The van der Waals surface area contributed by atoms with Crippen LogP contribution in [0.15, 0.2) is 107 Å². The highest BCUT2D eigenvalue weighted by atomic mass is 32.2. The first-order chi connectivity index (χ1) is 29.9. The number of allylic oxidation sites excluding steroid dienone is 3. The van der Waals surface area contributed by atoms with E-state index in [1.54, 1.807) is 39.8 Å². The van der Waals surface area contributed by atoms with Crippen LogP contribution in [0.3, 0.4) is 0 Å². The van der Waals surface area contributed by atoms with Gasteiger partial charge < -0.3 is 47.6 Å². The van der Waals surface area contributed by atoms with Gasteiger partial charge in [0.1, 0.15) is 40.8 Å². The molecule has 2 aliphatic carbocycles. The third-order valence-corrected chi connectivity index (χ3v) is 14.0. The number of aliphatic hydroxyl groups is 3. The smallest absolute Gasteiger partial charge is 0.262 e. The summed E-state index contributed by atoms with van der Waals surface area (Å²) < 4.78 is 52.5. The minimum atomic E-state index is -4.00. The minimum absolute atomic E-state index is 0.0403. The van der Waals surface area contributed by atoms with E-state index in [2.05, 4.69) is 21.9 Å². The fourth-order valence-corrected chi connectivity index (χ4v) is 10.2. The maximum Gasteiger partial charge on any atom is 0.262 e. The Bertz CT molecular complexity index is 3000. The number of phenols is 2. The van der Waals surface area contributed by atoms with E-state index in [0.717, 1.165) is 0 Å². The normalized spacial score (nSPS) is 16.6. The number of sulfone groups is 1. The van der Waals surface area contributed by atoms with Crippen LogP contribution >= 0.6 is 0 Å². The van der Waals surface area contributed by atoms with E-state index in [4.69, 9.17) is 16.9 Å². The number of amidine groups is 1. The van der Waals surface area contributed by atoms with Crippen LogP contribution in [0.25, 0.3) is 33.4 Å². The van der Waals surface area contributed by atoms with Crippen molar-refractivity contribution in [3.63, 3.8) is 0 Å². The number of Topliss-reactive ketones (excluding diaryl/α,β-unsaturated/α-hetero) is 1. The molecule has 13 N–H and O–H groups in total. The van der Waals surface area contributed by atoms with E-state index in [0.29, 0.717) is 39.2 Å². The third kappa shape index (κ3) is 8.54. The van der Waals surface area contributed by atoms with Gasteiger partial charge in [-0.25, -0.2) is 16.8 Å². The monoisotopic (exact) mass is 910 g/mol. The Kier molecular flexibility index (Phi) is 12.5. The fraction of sp³-hybridized carbons (Fsp3) is 0.217. The zero-order valence-electron chi connectivity index (χ0n) is 35.8. The zero-order valence-corrected chi connectivity index (χ0v) is 37.5. The lowest BCUT2D eigenvalue weighted by Crippen LogP contribution is -2.26. The number of fused-ring (bicyclic) bond motifs is 2. The second-order valence-electron chi connectivity index (χ2n) is 16.2. The Hall–Kier alpha value is -7.02. The number of nitrogens with two attached hydrogens (primary N) is 2. The Morgan fingerprint density at radius 3 is 1.70 bits per heavy atom. The number of phenolic OH excluding ortho intramolecular Hbond substituents is 2. The van der Waals surface area contributed by atoms with Crippen molar-refractivity contribution in [2.45, 2.75) is 57.4 Å². The molecule has 336 valence electrons. The number of hydrogen-bond acceptors (Lipinski definition) is 14. The molecule has 1 atom stereocenters. The largest absolute Gasteiger partial charge is 0.509 e. The van der Waals surface area contributed by atoms with Gasteiger partial charge in [0.2, 0.25) is 5.78 Å². The number of benzene rings is 4. The van der Waals surface area contributed by atoms with E-state index in [1.165, 1.54) is 60.9 Å². The van der Waals surface area contributed by atoms with Gasteiger partial charge in [0.15, 0.2) is 15.6 Å². The molecule has 18 heteroatoms. The number of sulfonamides is 1. The topological polar surface area (TPSA) is 298 Å². The van der Waals surface area contributed by atoms with E-state index in [1.807, 2.05) is 13.8 Å². The summed E-state index contributed by atoms with van der Waals surface area (Å²) in [5.41, 5.74) is 14.2. The summed E-state index contributed by atoms with van der Waals surface area (Å²) in [5, 5.41) is 72.7. The molecular weight excluding hydrogens is 861 g/mol. The number of aliphatic hydroxyl groups excluding tert-OH is 3. The molecule has 64 heavy (non-hydrogen) atoms. The molecular formula is C46H50N6O10S2. The molecule has 0 heterocycles. The standard InChI is InChI=1S/C46H50N6O10S2/c1-21(2)35-30-16-23(5)37(43(55)39(30)32(41(53)45(35)57)18-50-26-8-12-28(13-9-26)63(59,60)20-34(48)49)38-24(6)17-31-36(22(3)4)46(58)42(54)33(40(31)44(38)56)19-51-27-10-14-29(15-11-27)64(61,62)52-25(7)47/h8-19,21-22,42,50-52,54-58H,7,20,47H2,1-6H3,(H3,48,49)/b32-18-,33-19-. The van der Waals surface area contributed by atoms with Gasteiger partial charge in [0.25, 0.3) is 10.0 Å². The molecule has 0 aromatic heterocycles. The summed E-state index contributed by atoms with van der Waals surface area (Å²) in [6.45, 7) is 14.0. The number of rotatable bonds is 13. The van der Waals surface area contributed by atoms with Crippen molar-refractivity contribution in [2.24, 2.45) is 23.3 Å². The van der Waals surface area contributed by atoms with Crippen LogP contribution < -0.4 is 26.8 Å². The molecule has 6 rings (SSSR count). The molecule has 0 radical (unpaired) electrons. The molecule has 0 saturated carbocycles. The second kappa shape index (κ2) is 17.3. The van der Waals surface area contributed by atoms with Gasteiger partial charge in [-0.3, -0.25) is 14.9 Å². The van der Waals surface area contributed by atoms with Gasteiger partial charge in [-0.15, -0.1) is 0 Å². The minimum Gasteiger partial charge on any atom is -0.509 e. The first-order valence-corrected chi connectivity index (χ1v) is 23.0. The second-order valence-corrected chi connectivity index (χ2v) is 19.9. The number of aryl methyl sites for hydroxylation is 2. The Morgan fingerprint density at radius 2 is 1.22 bits per heavy atom. The predicted octanol–water partition coefficient (Wildman–Crippen LogP) is 6.51. The first-order valence-electron chi connectivity index (χ1n) is 19.9. The quantitative estimate of drug-likeness (QED) is 0.0387. The van der Waals surface area contributed by atoms with Crippen LogP contribution in [0.4, 0.5) is 11.4 Å². The highest BCUT2D eigenvalue weighted by molar-refractivity contribution is 7.92. The molecule has 0 spiro atoms. The van der Waals surface area contributed by atoms with Crippen LogP contribution in [0.5, 0.6) is 11.5 Å². The predicted molar refractivity (Wildman–Crippen MR) is 248 cm³/mol. The van der Waals surface area contributed by atoms with Crippen molar-refractivity contribution < 1.29 is 47.2 Å². The zero-order chi connectivity index (χ0) is 47.3. The van der Waals surface area contributed by atoms with Crippen molar-refractivity contribution in [3.05, 3.63) is 130 Å². The van der Waals surface area contributed by atoms with Gasteiger partial charge in [-0.2, -0.15) is 0 Å². The lowest BCUT2D eigenvalue weighted by Gasteiger charge is -2.32. The lowest BCUT2D eigenvalue weighted by molar-refractivity contribution is -0.112. The van der Waals surface area contributed by atoms with Crippen molar-refractivity contribution in [3.8, 4) is 22.6 Å². The highest BCUT2D eigenvalue weighted by Gasteiger charge is 2.38. The van der Waals surface area contributed by atoms with Gasteiger partial charge in [0, 0.05) is 62.7 Å². The van der Waals surface area contributed by atoms with Crippen molar-refractivity contribution >= 4 is 65.1 Å². The molecule has 4 aromatic carbocycles. The molecule has 1 unspecified atom stereocenters. The number of hydrogen-bond donors (Lipinski definition) is 11. The van der Waals surface area contributed by atoms with Gasteiger partial charge >= 0.3 is 0 Å². The molecule has 0 amide bonds. The maximum absolute atomic E-state index is 14.0. The third-order valence-electron chi connectivity index (χ3n) is 10.9. The fourth-order valence-electron chi connectivity index (χ4n) is 8.09. The van der Waals surface area contributed by atoms with Crippen LogP contribution in [-0.4, -0.2) is 65.8 Å². The molecule has 4 aromatic rings. The average molecular weight is 911 g/mol. The van der Waals surface area contributed by atoms with Crippen molar-refractivity contribution in [1.29, 1.82) is 5.41 Å². The summed E-state index contributed by atoms with van der Waals surface area (Å²) in [5.74, 6) is -4.62. The van der Waals surface area contributed by atoms with E-state index >= 15 is 0 Å².